The lowest BCUT2D eigenvalue weighted by molar-refractivity contribution is -0.158. The molecule has 7 heteroatoms. The summed E-state index contributed by atoms with van der Waals surface area (Å²) >= 11 is 0. The molecule has 1 aromatic carbocycles. The third kappa shape index (κ3) is 5.32. The van der Waals surface area contributed by atoms with Crippen molar-refractivity contribution in [3.63, 3.8) is 0 Å². The molecule has 0 unspecified atom stereocenters. The van der Waals surface area contributed by atoms with Gasteiger partial charge in [0, 0.05) is 13.1 Å². The number of rotatable bonds is 7. The second-order valence-corrected chi connectivity index (χ2v) is 9.67. The van der Waals surface area contributed by atoms with Crippen molar-refractivity contribution in [2.45, 2.75) is 63.5 Å². The van der Waals surface area contributed by atoms with Gasteiger partial charge >= 0.3 is 5.97 Å². The molecule has 1 aliphatic heterocycles. The van der Waals surface area contributed by atoms with Gasteiger partial charge in [-0.2, -0.15) is 4.31 Å². The van der Waals surface area contributed by atoms with Crippen molar-refractivity contribution in [1.82, 2.24) is 4.31 Å². The molecule has 1 heterocycles. The number of carbonyl (C=O) groups is 1. The third-order valence-corrected chi connectivity index (χ3v) is 6.23. The molecule has 1 aromatic rings. The molecule has 27 heavy (non-hydrogen) atoms. The quantitative estimate of drug-likeness (QED) is 0.435. The Bertz CT molecular complexity index is 797. The van der Waals surface area contributed by atoms with Gasteiger partial charge in [-0.3, -0.25) is 4.79 Å². The Morgan fingerprint density at radius 3 is 2.74 bits per heavy atom. The molecule has 150 valence electrons. The number of hydrogen-bond acceptors (Lipinski definition) is 5. The maximum absolute atomic E-state index is 13.3. The first-order valence-electron chi connectivity index (χ1n) is 9.26. The van der Waals surface area contributed by atoms with Crippen LogP contribution >= 0.6 is 0 Å². The number of sulfonamides is 1. The van der Waals surface area contributed by atoms with Crippen LogP contribution in [0.15, 0.2) is 35.7 Å². The highest BCUT2D eigenvalue weighted by molar-refractivity contribution is 7.89. The predicted molar refractivity (Wildman–Crippen MR) is 107 cm³/mol. The van der Waals surface area contributed by atoms with Crippen molar-refractivity contribution in [1.29, 1.82) is 0 Å². The highest BCUT2D eigenvalue weighted by atomic mass is 32.2. The molecule has 1 fully saturated rings. The van der Waals surface area contributed by atoms with E-state index in [2.05, 4.69) is 11.9 Å². The van der Waals surface area contributed by atoms with E-state index in [0.29, 0.717) is 31.6 Å². The summed E-state index contributed by atoms with van der Waals surface area (Å²) in [5.41, 5.74) is 0.850. The van der Waals surface area contributed by atoms with Gasteiger partial charge in [0.2, 0.25) is 10.0 Å². The van der Waals surface area contributed by atoms with Gasteiger partial charge in [-0.05, 0) is 64.7 Å². The minimum absolute atomic E-state index is 0.188. The third-order valence-electron chi connectivity index (χ3n) is 4.27. The smallest absolute Gasteiger partial charge is 0.324 e. The van der Waals surface area contributed by atoms with E-state index in [1.807, 2.05) is 13.0 Å². The van der Waals surface area contributed by atoms with E-state index >= 15 is 0 Å². The van der Waals surface area contributed by atoms with Gasteiger partial charge in [0.05, 0.1) is 5.69 Å². The van der Waals surface area contributed by atoms with E-state index in [-0.39, 0.29) is 4.90 Å². The highest BCUT2D eigenvalue weighted by Gasteiger charge is 2.42. The van der Waals surface area contributed by atoms with E-state index in [4.69, 9.17) is 4.74 Å². The average molecular weight is 395 g/mol. The summed E-state index contributed by atoms with van der Waals surface area (Å²) in [6, 6.07) is 4.40. The largest absolute Gasteiger partial charge is 0.459 e. The Labute approximate surface area is 162 Å². The molecule has 0 amide bonds. The minimum atomic E-state index is -3.83. The predicted octanol–water partition coefficient (Wildman–Crippen LogP) is 3.48. The van der Waals surface area contributed by atoms with Gasteiger partial charge in [0.25, 0.3) is 0 Å². The van der Waals surface area contributed by atoms with Gasteiger partial charge in [0.15, 0.2) is 0 Å². The first kappa shape index (κ1) is 21.4. The van der Waals surface area contributed by atoms with Crippen LogP contribution in [0, 0.1) is 6.92 Å². The summed E-state index contributed by atoms with van der Waals surface area (Å²) in [7, 11) is -3.83. The molecule has 0 saturated carbocycles. The molecule has 6 nitrogen and oxygen atoms in total. The van der Waals surface area contributed by atoms with Crippen molar-refractivity contribution in [3.05, 3.63) is 36.4 Å². The Kier molecular flexibility index (Phi) is 6.70. The zero-order chi connectivity index (χ0) is 20.2. The summed E-state index contributed by atoms with van der Waals surface area (Å²) in [6.07, 6.45) is 3.60. The second kappa shape index (κ2) is 8.44. The number of hydrogen-bond donors (Lipinski definition) is 1. The number of nitrogens with one attached hydrogen (secondary N) is 1. The minimum Gasteiger partial charge on any atom is -0.459 e. The van der Waals surface area contributed by atoms with Crippen LogP contribution in [0.4, 0.5) is 5.69 Å². The van der Waals surface area contributed by atoms with Crippen molar-refractivity contribution < 1.29 is 17.9 Å². The summed E-state index contributed by atoms with van der Waals surface area (Å²) in [4.78, 5) is 12.7. The number of carbonyl (C=O) groups excluding carboxylic acids is 1. The monoisotopic (exact) mass is 394 g/mol. The number of ether oxygens (including phenoxy) is 1. The fourth-order valence-corrected chi connectivity index (χ4v) is 4.87. The van der Waals surface area contributed by atoms with Crippen LogP contribution < -0.4 is 5.32 Å². The molecular weight excluding hydrogens is 364 g/mol. The summed E-state index contributed by atoms with van der Waals surface area (Å²) in [5.74, 6) is -0.489. The van der Waals surface area contributed by atoms with Crippen LogP contribution in [0.25, 0.3) is 0 Å². The van der Waals surface area contributed by atoms with E-state index in [0.717, 1.165) is 12.0 Å². The SMILES string of the molecule is C=CCCNc1cc(C)ccc1S(=O)(=O)N1CCC[C@H]1C(=O)OC(C)(C)C. The molecular formula is C20H30N2O4S. The van der Waals surface area contributed by atoms with E-state index in [9.17, 15) is 13.2 Å². The van der Waals surface area contributed by atoms with Gasteiger partial charge in [0.1, 0.15) is 16.5 Å². The summed E-state index contributed by atoms with van der Waals surface area (Å²) in [5, 5.41) is 3.17. The normalized spacial score (nSPS) is 18.3. The maximum Gasteiger partial charge on any atom is 0.324 e. The first-order chi connectivity index (χ1) is 12.6. The van der Waals surface area contributed by atoms with Crippen molar-refractivity contribution in [2.75, 3.05) is 18.4 Å². The Morgan fingerprint density at radius 1 is 1.41 bits per heavy atom. The van der Waals surface area contributed by atoms with Gasteiger partial charge < -0.3 is 10.1 Å². The molecule has 1 saturated heterocycles. The number of nitrogens with zero attached hydrogens (tertiary/aromatic N) is 1. The van der Waals surface area contributed by atoms with Crippen LogP contribution in [0.2, 0.25) is 0 Å². The fourth-order valence-electron chi connectivity index (χ4n) is 3.08. The van der Waals surface area contributed by atoms with E-state index in [1.54, 1.807) is 39.0 Å². The fraction of sp³-hybridized carbons (Fsp3) is 0.550. The molecule has 0 bridgehead atoms. The second-order valence-electron chi connectivity index (χ2n) is 7.81. The molecule has 1 atom stereocenters. The average Bonchev–Trinajstić information content (AvgIpc) is 3.04. The van der Waals surface area contributed by atoms with E-state index in [1.165, 1.54) is 4.31 Å². The standard InChI is InChI=1S/C20H30N2O4S/c1-6-7-12-21-16-14-15(2)10-11-18(16)27(24,25)22-13-8-9-17(22)19(23)26-20(3,4)5/h6,10-11,14,17,21H,1,7-9,12-13H2,2-5H3/t17-/m0/s1. The van der Waals surface area contributed by atoms with Crippen molar-refractivity contribution in [3.8, 4) is 0 Å². The summed E-state index contributed by atoms with van der Waals surface area (Å²) in [6.45, 7) is 11.8. The molecule has 1 aliphatic rings. The number of esters is 1. The van der Waals surface area contributed by atoms with E-state index < -0.39 is 27.6 Å². The lowest BCUT2D eigenvalue weighted by Gasteiger charge is -2.27. The molecule has 0 spiro atoms. The highest BCUT2D eigenvalue weighted by Crippen LogP contribution is 2.32. The van der Waals surface area contributed by atoms with Gasteiger partial charge in [-0.15, -0.1) is 6.58 Å². The zero-order valence-corrected chi connectivity index (χ0v) is 17.4. The van der Waals surface area contributed by atoms with Crippen molar-refractivity contribution >= 4 is 21.7 Å². The van der Waals surface area contributed by atoms with Crippen LogP contribution in [-0.4, -0.2) is 43.4 Å². The molecule has 2 rings (SSSR count). The van der Waals surface area contributed by atoms with Gasteiger partial charge in [-0.25, -0.2) is 8.42 Å². The molecule has 1 N–H and O–H groups in total. The maximum atomic E-state index is 13.3. The Balaban J connectivity index is 2.34. The number of benzene rings is 1. The van der Waals surface area contributed by atoms with Crippen molar-refractivity contribution in [2.24, 2.45) is 0 Å². The van der Waals surface area contributed by atoms with Gasteiger partial charge in [-0.1, -0.05) is 12.1 Å². The van der Waals surface area contributed by atoms with Crippen LogP contribution in [-0.2, 0) is 19.6 Å². The zero-order valence-electron chi connectivity index (χ0n) is 16.6. The Hall–Kier alpha value is -1.86. The molecule has 0 aromatic heterocycles. The summed E-state index contributed by atoms with van der Waals surface area (Å²) < 4.78 is 33.4. The molecule has 0 radical (unpaired) electrons. The lowest BCUT2D eigenvalue weighted by Crippen LogP contribution is -2.43. The lowest BCUT2D eigenvalue weighted by atomic mass is 10.2. The molecule has 0 aliphatic carbocycles. The number of anilines is 1. The number of aryl methyl sites for hydroxylation is 1. The van der Waals surface area contributed by atoms with Crippen LogP contribution in [0.3, 0.4) is 0 Å². The first-order valence-corrected chi connectivity index (χ1v) is 10.7. The topological polar surface area (TPSA) is 75.7 Å². The Morgan fingerprint density at radius 2 is 2.11 bits per heavy atom. The van der Waals surface area contributed by atoms with Crippen LogP contribution in [0.1, 0.15) is 45.6 Å². The van der Waals surface area contributed by atoms with Crippen LogP contribution in [0.5, 0.6) is 0 Å².